The van der Waals surface area contributed by atoms with Crippen molar-refractivity contribution in [2.45, 2.75) is 26.4 Å². The number of nitrogens with one attached hydrogen (secondary N) is 1. The summed E-state index contributed by atoms with van der Waals surface area (Å²) in [4.78, 5) is 15.0. The summed E-state index contributed by atoms with van der Waals surface area (Å²) in [5, 5.41) is 6.01. The number of halogens is 3. The van der Waals surface area contributed by atoms with Crippen molar-refractivity contribution in [3.63, 3.8) is 0 Å². The number of rotatable bonds is 4. The molecule has 1 unspecified atom stereocenters. The van der Waals surface area contributed by atoms with E-state index in [4.69, 9.17) is 0 Å². The Balaban J connectivity index is 2.12. The highest BCUT2D eigenvalue weighted by Crippen LogP contribution is 2.29. The summed E-state index contributed by atoms with van der Waals surface area (Å²) in [5.41, 5.74) is 0.911. The third-order valence-corrected chi connectivity index (χ3v) is 3.14. The van der Waals surface area contributed by atoms with E-state index in [2.05, 4.69) is 20.0 Å². The number of amides is 1. The summed E-state index contributed by atoms with van der Waals surface area (Å²) in [6, 6.07) is 6.16. The number of alkyl halides is 3. The van der Waals surface area contributed by atoms with Crippen LogP contribution in [0.4, 0.5) is 18.9 Å². The van der Waals surface area contributed by atoms with E-state index in [9.17, 15) is 18.0 Å². The van der Waals surface area contributed by atoms with Crippen molar-refractivity contribution in [3.8, 4) is 11.4 Å². The SMILES string of the molecule is CCC(C)C(=O)Nc1ccc(-c2noc(C(F)(F)F)n2)cc1. The van der Waals surface area contributed by atoms with Crippen LogP contribution < -0.4 is 5.32 Å². The van der Waals surface area contributed by atoms with Crippen LogP contribution in [0.1, 0.15) is 26.2 Å². The van der Waals surface area contributed by atoms with E-state index >= 15 is 0 Å². The van der Waals surface area contributed by atoms with Gasteiger partial charge in [-0.1, -0.05) is 19.0 Å². The van der Waals surface area contributed by atoms with E-state index in [-0.39, 0.29) is 17.6 Å². The average Bonchev–Trinajstić information content (AvgIpc) is 2.97. The standard InChI is InChI=1S/C14H14F3N3O2/c1-3-8(2)12(21)18-10-6-4-9(5-7-10)11-19-13(22-20-11)14(15,16)17/h4-8H,3H2,1-2H3,(H,18,21). The van der Waals surface area contributed by atoms with Crippen molar-refractivity contribution in [3.05, 3.63) is 30.2 Å². The number of anilines is 1. The maximum atomic E-state index is 12.4. The van der Waals surface area contributed by atoms with E-state index in [0.29, 0.717) is 17.7 Å². The van der Waals surface area contributed by atoms with Gasteiger partial charge in [-0.05, 0) is 30.7 Å². The number of benzene rings is 1. The molecule has 0 spiro atoms. The van der Waals surface area contributed by atoms with Gasteiger partial charge in [-0.25, -0.2) is 0 Å². The van der Waals surface area contributed by atoms with Crippen molar-refractivity contribution < 1.29 is 22.5 Å². The first-order valence-corrected chi connectivity index (χ1v) is 6.63. The maximum Gasteiger partial charge on any atom is 0.471 e. The van der Waals surface area contributed by atoms with Gasteiger partial charge in [0.25, 0.3) is 0 Å². The van der Waals surface area contributed by atoms with Gasteiger partial charge in [0.15, 0.2) is 0 Å². The minimum Gasteiger partial charge on any atom is -0.329 e. The highest BCUT2D eigenvalue weighted by molar-refractivity contribution is 5.92. The molecule has 0 aliphatic carbocycles. The van der Waals surface area contributed by atoms with Gasteiger partial charge in [-0.3, -0.25) is 4.79 Å². The number of nitrogens with zero attached hydrogens (tertiary/aromatic N) is 2. The largest absolute Gasteiger partial charge is 0.471 e. The van der Waals surface area contributed by atoms with Crippen LogP contribution in [-0.4, -0.2) is 16.0 Å². The Kier molecular flexibility index (Phi) is 4.48. The van der Waals surface area contributed by atoms with Gasteiger partial charge in [-0.2, -0.15) is 18.2 Å². The van der Waals surface area contributed by atoms with Crippen LogP contribution >= 0.6 is 0 Å². The van der Waals surface area contributed by atoms with E-state index in [1.165, 1.54) is 12.1 Å². The molecule has 1 N–H and O–H groups in total. The van der Waals surface area contributed by atoms with Gasteiger partial charge >= 0.3 is 12.1 Å². The summed E-state index contributed by atoms with van der Waals surface area (Å²) < 4.78 is 41.3. The Morgan fingerprint density at radius 2 is 1.95 bits per heavy atom. The van der Waals surface area contributed by atoms with E-state index in [1.807, 2.05) is 13.8 Å². The molecule has 0 aliphatic rings. The third-order valence-electron chi connectivity index (χ3n) is 3.14. The Morgan fingerprint density at radius 1 is 1.32 bits per heavy atom. The fourth-order valence-corrected chi connectivity index (χ4v) is 1.61. The molecule has 2 aromatic rings. The lowest BCUT2D eigenvalue weighted by atomic mass is 10.1. The molecule has 0 fully saturated rings. The van der Waals surface area contributed by atoms with Gasteiger partial charge in [0.1, 0.15) is 0 Å². The van der Waals surface area contributed by atoms with Crippen molar-refractivity contribution >= 4 is 11.6 Å². The Bertz CT molecular complexity index is 650. The van der Waals surface area contributed by atoms with Crippen LogP contribution in [0.15, 0.2) is 28.8 Å². The molecule has 0 bridgehead atoms. The average molecular weight is 313 g/mol. The van der Waals surface area contributed by atoms with Crippen LogP contribution in [0.25, 0.3) is 11.4 Å². The van der Waals surface area contributed by atoms with Crippen LogP contribution in [-0.2, 0) is 11.0 Å². The monoisotopic (exact) mass is 313 g/mol. The second-order valence-corrected chi connectivity index (χ2v) is 4.80. The Labute approximate surface area is 124 Å². The van der Waals surface area contributed by atoms with Crippen molar-refractivity contribution in [2.75, 3.05) is 5.32 Å². The molecule has 5 nitrogen and oxygen atoms in total. The Hall–Kier alpha value is -2.38. The summed E-state index contributed by atoms with van der Waals surface area (Å²) in [5.74, 6) is -1.79. The fraction of sp³-hybridized carbons (Fsp3) is 0.357. The van der Waals surface area contributed by atoms with E-state index in [0.717, 1.165) is 0 Å². The second-order valence-electron chi connectivity index (χ2n) is 4.80. The maximum absolute atomic E-state index is 12.4. The number of hydrogen-bond donors (Lipinski definition) is 1. The molecular formula is C14H14F3N3O2. The summed E-state index contributed by atoms with van der Waals surface area (Å²) in [7, 11) is 0. The molecule has 0 saturated carbocycles. The molecule has 1 aromatic heterocycles. The van der Waals surface area contributed by atoms with Crippen molar-refractivity contribution in [1.82, 2.24) is 10.1 Å². The molecule has 0 radical (unpaired) electrons. The normalized spacial score (nSPS) is 13.0. The minimum absolute atomic E-state index is 0.117. The molecule has 0 saturated heterocycles. The Morgan fingerprint density at radius 3 is 2.45 bits per heavy atom. The molecule has 0 aliphatic heterocycles. The predicted octanol–water partition coefficient (Wildman–Crippen LogP) is 3.74. The number of carbonyl (C=O) groups excluding carboxylic acids is 1. The summed E-state index contributed by atoms with van der Waals surface area (Å²) >= 11 is 0. The van der Waals surface area contributed by atoms with Gasteiger partial charge in [0.05, 0.1) is 0 Å². The van der Waals surface area contributed by atoms with Crippen LogP contribution in [0.2, 0.25) is 0 Å². The number of carbonyl (C=O) groups is 1. The van der Waals surface area contributed by atoms with E-state index < -0.39 is 12.1 Å². The molecule has 1 atom stereocenters. The molecule has 1 aromatic carbocycles. The number of hydrogen-bond acceptors (Lipinski definition) is 4. The second kappa shape index (κ2) is 6.17. The highest BCUT2D eigenvalue weighted by Gasteiger charge is 2.38. The zero-order valence-electron chi connectivity index (χ0n) is 11.9. The molecule has 118 valence electrons. The van der Waals surface area contributed by atoms with Gasteiger partial charge in [0, 0.05) is 17.2 Å². The van der Waals surface area contributed by atoms with E-state index in [1.54, 1.807) is 12.1 Å². The highest BCUT2D eigenvalue weighted by atomic mass is 19.4. The molecule has 22 heavy (non-hydrogen) atoms. The van der Waals surface area contributed by atoms with Crippen molar-refractivity contribution in [2.24, 2.45) is 5.92 Å². The quantitative estimate of drug-likeness (QED) is 0.933. The first kappa shape index (κ1) is 16.0. The van der Waals surface area contributed by atoms with Gasteiger partial charge < -0.3 is 9.84 Å². The van der Waals surface area contributed by atoms with Crippen molar-refractivity contribution in [1.29, 1.82) is 0 Å². The fourth-order valence-electron chi connectivity index (χ4n) is 1.61. The zero-order chi connectivity index (χ0) is 16.3. The van der Waals surface area contributed by atoms with Gasteiger partial charge in [0.2, 0.25) is 11.7 Å². The zero-order valence-corrected chi connectivity index (χ0v) is 11.9. The lowest BCUT2D eigenvalue weighted by molar-refractivity contribution is -0.159. The molecule has 2 rings (SSSR count). The topological polar surface area (TPSA) is 68.0 Å². The molecule has 1 heterocycles. The first-order valence-electron chi connectivity index (χ1n) is 6.63. The molecule has 1 amide bonds. The van der Waals surface area contributed by atoms with Gasteiger partial charge in [-0.15, -0.1) is 0 Å². The van der Waals surface area contributed by atoms with Crippen LogP contribution in [0, 0.1) is 5.92 Å². The predicted molar refractivity (Wildman–Crippen MR) is 72.8 cm³/mol. The third kappa shape index (κ3) is 3.63. The molecular weight excluding hydrogens is 299 g/mol. The lowest BCUT2D eigenvalue weighted by Crippen LogP contribution is -2.19. The van der Waals surface area contributed by atoms with Crippen LogP contribution in [0.5, 0.6) is 0 Å². The molecule has 8 heteroatoms. The lowest BCUT2D eigenvalue weighted by Gasteiger charge is -2.09. The number of aromatic nitrogens is 2. The van der Waals surface area contributed by atoms with Crippen LogP contribution in [0.3, 0.4) is 0 Å². The smallest absolute Gasteiger partial charge is 0.329 e. The first-order chi connectivity index (χ1) is 10.3. The minimum atomic E-state index is -4.67. The summed E-state index contributed by atoms with van der Waals surface area (Å²) in [6.45, 7) is 3.71. The summed E-state index contributed by atoms with van der Waals surface area (Å²) in [6.07, 6.45) is -3.96.